The molecule has 0 heterocycles. The third-order valence-electron chi connectivity index (χ3n) is 2.83. The maximum Gasteiger partial charge on any atom is 0.117 e. The first kappa shape index (κ1) is 12.6. The van der Waals surface area contributed by atoms with E-state index in [0.717, 1.165) is 18.5 Å². The second-order valence-electron chi connectivity index (χ2n) is 4.38. The summed E-state index contributed by atoms with van der Waals surface area (Å²) >= 11 is 0. The van der Waals surface area contributed by atoms with Crippen LogP contribution in [0.25, 0.3) is 0 Å². The van der Waals surface area contributed by atoms with Gasteiger partial charge >= 0.3 is 0 Å². The van der Waals surface area contributed by atoms with Gasteiger partial charge in [-0.3, -0.25) is 0 Å². The van der Waals surface area contributed by atoms with Gasteiger partial charge in [-0.15, -0.1) is 0 Å². The van der Waals surface area contributed by atoms with Crippen molar-refractivity contribution < 1.29 is 0 Å². The van der Waals surface area contributed by atoms with Crippen molar-refractivity contribution in [1.82, 2.24) is 0 Å². The molecule has 0 aliphatic rings. The van der Waals surface area contributed by atoms with Crippen LogP contribution in [0.3, 0.4) is 0 Å². The fraction of sp³-hybridized carbons (Fsp3) is 0.500. The third kappa shape index (κ3) is 3.58. The van der Waals surface area contributed by atoms with E-state index in [1.807, 2.05) is 12.1 Å². The van der Waals surface area contributed by atoms with Gasteiger partial charge in [0, 0.05) is 5.69 Å². The highest BCUT2D eigenvalue weighted by molar-refractivity contribution is 5.46. The predicted octanol–water partition coefficient (Wildman–Crippen LogP) is 3.74. The first-order valence-corrected chi connectivity index (χ1v) is 5.90. The van der Waals surface area contributed by atoms with Crippen LogP contribution in [-0.4, -0.2) is 6.04 Å². The van der Waals surface area contributed by atoms with Gasteiger partial charge in [-0.05, 0) is 31.4 Å². The fourth-order valence-electron chi connectivity index (χ4n) is 1.75. The van der Waals surface area contributed by atoms with Crippen molar-refractivity contribution in [2.45, 2.75) is 39.7 Å². The van der Waals surface area contributed by atoms with Gasteiger partial charge < -0.3 is 5.32 Å². The zero-order chi connectivity index (χ0) is 12.0. The molecule has 2 nitrogen and oxygen atoms in total. The highest BCUT2D eigenvalue weighted by atomic mass is 14.9. The molecule has 0 aliphatic carbocycles. The van der Waals surface area contributed by atoms with Gasteiger partial charge in [0.25, 0.3) is 0 Å². The average molecular weight is 216 g/mol. The molecule has 2 atom stereocenters. The Kier molecular flexibility index (Phi) is 4.85. The minimum atomic E-state index is -0.0948. The normalized spacial score (nSPS) is 13.9. The van der Waals surface area contributed by atoms with E-state index < -0.39 is 0 Å². The second kappa shape index (κ2) is 6.17. The van der Waals surface area contributed by atoms with E-state index >= 15 is 0 Å². The molecular formula is C14H20N2. The first-order valence-electron chi connectivity index (χ1n) is 5.90. The smallest absolute Gasteiger partial charge is 0.117 e. The molecule has 16 heavy (non-hydrogen) atoms. The summed E-state index contributed by atoms with van der Waals surface area (Å²) in [5.74, 6) is 0.385. The third-order valence-corrected chi connectivity index (χ3v) is 2.83. The van der Waals surface area contributed by atoms with Crippen molar-refractivity contribution in [3.63, 3.8) is 0 Å². The molecule has 1 aromatic rings. The zero-order valence-electron chi connectivity index (χ0n) is 10.3. The lowest BCUT2D eigenvalue weighted by atomic mass is 9.97. The molecule has 0 fully saturated rings. The lowest BCUT2D eigenvalue weighted by Crippen LogP contribution is -2.25. The molecule has 0 bridgehead atoms. The summed E-state index contributed by atoms with van der Waals surface area (Å²) in [6, 6.07) is 10.4. The standard InChI is InChI=1S/C14H20N2/c1-4-5-12(3)14(10-15)16-13-8-6-11(2)7-9-13/h6-9,12,14,16H,4-5H2,1-3H3. The van der Waals surface area contributed by atoms with Gasteiger partial charge in [0.1, 0.15) is 6.04 Å². The van der Waals surface area contributed by atoms with Crippen molar-refractivity contribution in [2.24, 2.45) is 5.92 Å². The molecule has 2 unspecified atom stereocenters. The number of hydrogen-bond donors (Lipinski definition) is 1. The van der Waals surface area contributed by atoms with Crippen molar-refractivity contribution in [2.75, 3.05) is 5.32 Å². The van der Waals surface area contributed by atoms with E-state index in [9.17, 15) is 0 Å². The molecule has 1 N–H and O–H groups in total. The van der Waals surface area contributed by atoms with Crippen LogP contribution in [0.1, 0.15) is 32.3 Å². The van der Waals surface area contributed by atoms with E-state index in [4.69, 9.17) is 5.26 Å². The monoisotopic (exact) mass is 216 g/mol. The Morgan fingerprint density at radius 2 is 1.94 bits per heavy atom. The summed E-state index contributed by atoms with van der Waals surface area (Å²) in [6.07, 6.45) is 2.20. The molecule has 0 spiro atoms. The summed E-state index contributed by atoms with van der Waals surface area (Å²) in [5, 5.41) is 12.4. The number of anilines is 1. The second-order valence-corrected chi connectivity index (χ2v) is 4.38. The molecule has 0 saturated carbocycles. The Balaban J connectivity index is 2.63. The van der Waals surface area contributed by atoms with Gasteiger partial charge in [0.05, 0.1) is 6.07 Å². The molecule has 0 radical (unpaired) electrons. The van der Waals surface area contributed by atoms with E-state index in [1.54, 1.807) is 0 Å². The SMILES string of the molecule is CCCC(C)C(C#N)Nc1ccc(C)cc1. The Hall–Kier alpha value is -1.49. The van der Waals surface area contributed by atoms with Crippen LogP contribution in [0.2, 0.25) is 0 Å². The maximum atomic E-state index is 9.13. The molecular weight excluding hydrogens is 196 g/mol. The van der Waals surface area contributed by atoms with Gasteiger partial charge in [0.15, 0.2) is 0 Å². The predicted molar refractivity (Wildman–Crippen MR) is 68.3 cm³/mol. The number of nitrogens with zero attached hydrogens (tertiary/aromatic N) is 1. The van der Waals surface area contributed by atoms with Crippen LogP contribution in [0, 0.1) is 24.2 Å². The number of rotatable bonds is 5. The van der Waals surface area contributed by atoms with Crippen molar-refractivity contribution in [3.05, 3.63) is 29.8 Å². The van der Waals surface area contributed by atoms with Gasteiger partial charge in [-0.25, -0.2) is 0 Å². The molecule has 1 aromatic carbocycles. The average Bonchev–Trinajstić information content (AvgIpc) is 2.28. The van der Waals surface area contributed by atoms with Crippen LogP contribution in [0.5, 0.6) is 0 Å². The van der Waals surface area contributed by atoms with Crippen LogP contribution in [0.15, 0.2) is 24.3 Å². The highest BCUT2D eigenvalue weighted by Crippen LogP contribution is 2.16. The Labute approximate surface area is 98.3 Å². The lowest BCUT2D eigenvalue weighted by Gasteiger charge is -2.19. The summed E-state index contributed by atoms with van der Waals surface area (Å²) < 4.78 is 0. The van der Waals surface area contributed by atoms with E-state index in [2.05, 4.69) is 44.3 Å². The largest absolute Gasteiger partial charge is 0.370 e. The number of hydrogen-bond acceptors (Lipinski definition) is 2. The van der Waals surface area contributed by atoms with Crippen molar-refractivity contribution >= 4 is 5.69 Å². The van der Waals surface area contributed by atoms with E-state index in [1.165, 1.54) is 5.56 Å². The summed E-state index contributed by atoms with van der Waals surface area (Å²) in [7, 11) is 0. The highest BCUT2D eigenvalue weighted by Gasteiger charge is 2.15. The topological polar surface area (TPSA) is 35.8 Å². The molecule has 1 rings (SSSR count). The van der Waals surface area contributed by atoms with E-state index in [-0.39, 0.29) is 6.04 Å². The molecule has 0 aromatic heterocycles. The van der Waals surface area contributed by atoms with Gasteiger partial charge in [-0.2, -0.15) is 5.26 Å². The van der Waals surface area contributed by atoms with Crippen LogP contribution >= 0.6 is 0 Å². The first-order chi connectivity index (χ1) is 7.67. The van der Waals surface area contributed by atoms with Gasteiger partial charge in [-0.1, -0.05) is 38.0 Å². The number of benzene rings is 1. The summed E-state index contributed by atoms with van der Waals surface area (Å²) in [5.41, 5.74) is 2.26. The lowest BCUT2D eigenvalue weighted by molar-refractivity contribution is 0.500. The Morgan fingerprint density at radius 3 is 2.44 bits per heavy atom. The molecule has 0 amide bonds. The summed E-state index contributed by atoms with van der Waals surface area (Å²) in [4.78, 5) is 0. The number of nitriles is 1. The van der Waals surface area contributed by atoms with Crippen LogP contribution in [0.4, 0.5) is 5.69 Å². The Morgan fingerprint density at radius 1 is 1.31 bits per heavy atom. The molecule has 86 valence electrons. The van der Waals surface area contributed by atoms with Gasteiger partial charge in [0.2, 0.25) is 0 Å². The molecule has 2 heteroatoms. The summed E-state index contributed by atoms with van der Waals surface area (Å²) in [6.45, 7) is 6.33. The van der Waals surface area contributed by atoms with Crippen LogP contribution in [-0.2, 0) is 0 Å². The minimum Gasteiger partial charge on any atom is -0.370 e. The molecule has 0 saturated heterocycles. The number of aryl methyl sites for hydroxylation is 1. The van der Waals surface area contributed by atoms with E-state index in [0.29, 0.717) is 5.92 Å². The van der Waals surface area contributed by atoms with Crippen molar-refractivity contribution in [1.29, 1.82) is 5.26 Å². The number of nitrogens with one attached hydrogen (secondary N) is 1. The van der Waals surface area contributed by atoms with Crippen LogP contribution < -0.4 is 5.32 Å². The Bertz CT molecular complexity index is 348. The maximum absolute atomic E-state index is 9.13. The molecule has 0 aliphatic heterocycles. The zero-order valence-corrected chi connectivity index (χ0v) is 10.3. The minimum absolute atomic E-state index is 0.0948. The fourth-order valence-corrected chi connectivity index (χ4v) is 1.75. The quantitative estimate of drug-likeness (QED) is 0.814. The van der Waals surface area contributed by atoms with Crippen molar-refractivity contribution in [3.8, 4) is 6.07 Å².